The summed E-state index contributed by atoms with van der Waals surface area (Å²) in [5.41, 5.74) is 15.1. The van der Waals surface area contributed by atoms with Gasteiger partial charge in [-0.1, -0.05) is 0 Å². The third-order valence-electron chi connectivity index (χ3n) is 12.3. The van der Waals surface area contributed by atoms with Crippen LogP contribution in [0.2, 0.25) is 0 Å². The zero-order valence-electron chi connectivity index (χ0n) is 34.5. The van der Waals surface area contributed by atoms with E-state index in [2.05, 4.69) is 159 Å². The summed E-state index contributed by atoms with van der Waals surface area (Å²) in [7, 11) is 17.9. The van der Waals surface area contributed by atoms with Crippen molar-refractivity contribution in [2.45, 2.75) is 47.9 Å². The number of carbonyl (C=O) groups excluding carboxylic acids is 2. The Morgan fingerprint density at radius 3 is 1.27 bits per heavy atom. The molecule has 6 aromatic rings. The molecule has 2 N–H and O–H groups in total. The van der Waals surface area contributed by atoms with Crippen molar-refractivity contribution >= 4 is 57.8 Å². The third-order valence-corrected chi connectivity index (χ3v) is 40.6. The van der Waals surface area contributed by atoms with Gasteiger partial charge in [0.2, 0.25) is 0 Å². The van der Waals surface area contributed by atoms with Gasteiger partial charge in [-0.3, -0.25) is 0 Å². The summed E-state index contributed by atoms with van der Waals surface area (Å²) in [6, 6.07) is 50.8. The van der Waals surface area contributed by atoms with Crippen molar-refractivity contribution in [3.63, 3.8) is 0 Å². The number of hydrogen-bond donors (Lipinski definition) is 2. The van der Waals surface area contributed by atoms with Crippen LogP contribution in [0.1, 0.15) is 79.6 Å². The van der Waals surface area contributed by atoms with E-state index < -0.39 is 27.8 Å². The molecule has 2 atom stereocenters. The van der Waals surface area contributed by atoms with Gasteiger partial charge >= 0.3 is 366 Å². The number of rotatable bonds is 15. The molecule has 2 unspecified atom stereocenters. The van der Waals surface area contributed by atoms with Gasteiger partial charge in [0.1, 0.15) is 0 Å². The Morgan fingerprint density at radius 2 is 0.883 bits per heavy atom. The summed E-state index contributed by atoms with van der Waals surface area (Å²) in [4.78, 5) is 25.7. The monoisotopic (exact) mass is 995 g/mol. The molecule has 6 aromatic carbocycles. The van der Waals surface area contributed by atoms with Gasteiger partial charge in [0, 0.05) is 0 Å². The summed E-state index contributed by atoms with van der Waals surface area (Å²) < 4.78 is -2.19. The normalized spacial score (nSPS) is 16.3. The van der Waals surface area contributed by atoms with Crippen LogP contribution in [0, 0.1) is 11.8 Å². The standard InChI is InChI=1S/2C25H23.C2H3BN2O2.2ClH.Hf/c2*1-18(2)15-20-11-6-7-13-23(20)24-14-8-12-21-16-22(17-25(21)24)19-9-4-3-5-10-19;6-1-4-3-5-2-7;;;/h2*3-14,16-18H,15H2,1-2H3;1-2H,(H-,4,5,6,7);2*1H;/q;;;;;+1/p-1. The predicted octanol–water partition coefficient (Wildman–Crippen LogP) is 12.8. The molecule has 0 aromatic heterocycles. The molecule has 301 valence electrons. The second kappa shape index (κ2) is 17.3. The third kappa shape index (κ3) is 7.50. The summed E-state index contributed by atoms with van der Waals surface area (Å²) in [6.45, 7) is 8.98. The first-order valence-electron chi connectivity index (χ1n) is 21.0. The van der Waals surface area contributed by atoms with Crippen molar-refractivity contribution in [3.8, 4) is 22.3 Å². The number of nitrogens with one attached hydrogen (secondary N) is 2. The molecule has 2 amide bonds. The van der Waals surface area contributed by atoms with E-state index in [0.29, 0.717) is 24.7 Å². The number of amides is 2. The Morgan fingerprint density at radius 1 is 0.517 bits per heavy atom. The number of hydrogen-bond acceptors (Lipinski definition) is 2. The first-order valence-corrected chi connectivity index (χ1v) is 36.1. The molecule has 0 fully saturated rings. The van der Waals surface area contributed by atoms with E-state index in [1.165, 1.54) is 22.3 Å². The molecule has 2 aliphatic carbocycles. The molecular formula is C52H50BCl2HfN2O2. The summed E-state index contributed by atoms with van der Waals surface area (Å²) in [5, 5.41) is 6.07. The van der Waals surface area contributed by atoms with Gasteiger partial charge in [-0.05, 0) is 0 Å². The van der Waals surface area contributed by atoms with Gasteiger partial charge < -0.3 is 0 Å². The van der Waals surface area contributed by atoms with E-state index in [1.807, 2.05) is 36.4 Å². The van der Waals surface area contributed by atoms with Crippen molar-refractivity contribution in [2.75, 3.05) is 0 Å². The van der Waals surface area contributed by atoms with Crippen molar-refractivity contribution in [3.05, 3.63) is 190 Å². The average Bonchev–Trinajstić information content (AvgIpc) is 3.86. The molecule has 4 nitrogen and oxygen atoms in total. The molecule has 0 saturated carbocycles. The van der Waals surface area contributed by atoms with Crippen molar-refractivity contribution in [1.29, 1.82) is 0 Å². The molecule has 0 saturated heterocycles. The molecule has 8 rings (SSSR count). The van der Waals surface area contributed by atoms with E-state index in [0.717, 1.165) is 68.5 Å². The van der Waals surface area contributed by atoms with Gasteiger partial charge in [-0.2, -0.15) is 0 Å². The Hall–Kier alpha value is -4.74. The van der Waals surface area contributed by atoms with Crippen LogP contribution in [0.25, 0.3) is 45.6 Å². The van der Waals surface area contributed by atoms with Crippen LogP contribution in [-0.2, 0) is 38.3 Å². The van der Waals surface area contributed by atoms with E-state index >= 15 is 0 Å². The number of carbonyl (C=O) groups is 2. The zero-order chi connectivity index (χ0) is 42.0. The van der Waals surface area contributed by atoms with Gasteiger partial charge in [0.25, 0.3) is 0 Å². The van der Waals surface area contributed by atoms with Crippen molar-refractivity contribution in [2.24, 2.45) is 11.8 Å². The number of benzene rings is 6. The maximum atomic E-state index is 12.9. The van der Waals surface area contributed by atoms with Gasteiger partial charge in [-0.15, -0.1) is 0 Å². The quantitative estimate of drug-likeness (QED) is 0.0796. The van der Waals surface area contributed by atoms with Crippen LogP contribution in [0.3, 0.4) is 0 Å². The second-order valence-corrected chi connectivity index (χ2v) is 47.6. The van der Waals surface area contributed by atoms with Crippen LogP contribution in [-0.4, -0.2) is 17.4 Å². The Balaban J connectivity index is 1.46. The predicted molar refractivity (Wildman–Crippen MR) is 251 cm³/mol. The van der Waals surface area contributed by atoms with Gasteiger partial charge in [-0.25, -0.2) is 0 Å². The minimum absolute atomic E-state index is 0.460. The first kappa shape index (κ1) is 42.0. The Bertz CT molecular complexity index is 2450. The maximum absolute atomic E-state index is 12.9. The van der Waals surface area contributed by atoms with Gasteiger partial charge in [0.05, 0.1) is 0 Å². The molecule has 0 spiro atoms. The summed E-state index contributed by atoms with van der Waals surface area (Å²) in [5.74, 6) is 0.920. The van der Waals surface area contributed by atoms with Crippen LogP contribution in [0.15, 0.2) is 146 Å². The Kier molecular flexibility index (Phi) is 12.1. The van der Waals surface area contributed by atoms with E-state index in [4.69, 9.17) is 17.2 Å². The molecule has 0 radical (unpaired) electrons. The number of fused-ring (bicyclic) bond motifs is 2. The molecule has 8 heteroatoms. The van der Waals surface area contributed by atoms with Crippen LogP contribution >= 0.6 is 17.2 Å². The number of halogens is 2. The zero-order valence-corrected chi connectivity index (χ0v) is 39.6. The van der Waals surface area contributed by atoms with Crippen molar-refractivity contribution in [1.82, 2.24) is 10.5 Å². The van der Waals surface area contributed by atoms with Crippen molar-refractivity contribution < 1.29 is 25.5 Å². The fraction of sp³-hybridized carbons (Fsp3) is 0.192. The molecule has 60 heavy (non-hydrogen) atoms. The SMILES string of the molecule is CC(C)Cc1ccccc1-c1cccc2c1C=C(c1ccccc1)[CH]2[Hf]([Cl])([Cl])([B](NC=O)NC=O)[CH]1C(c2ccccc2)=Cc2c(-c3ccccc3CC(C)C)cccc21. The average molecular weight is 995 g/mol. The van der Waals surface area contributed by atoms with E-state index in [9.17, 15) is 9.59 Å². The fourth-order valence-electron chi connectivity index (χ4n) is 10.0. The first-order chi connectivity index (χ1) is 29.0. The fourth-order valence-corrected chi connectivity index (χ4v) is 38.3. The van der Waals surface area contributed by atoms with Gasteiger partial charge in [0.15, 0.2) is 0 Å². The Labute approximate surface area is 363 Å². The topological polar surface area (TPSA) is 58.2 Å². The molecule has 2 aliphatic rings. The second-order valence-electron chi connectivity index (χ2n) is 17.2. The molecule has 0 aliphatic heterocycles. The number of allylic oxidation sites excluding steroid dienone is 2. The van der Waals surface area contributed by atoms with E-state index in [-0.39, 0.29) is 0 Å². The molecule has 0 bridgehead atoms. The minimum atomic E-state index is -6.39. The van der Waals surface area contributed by atoms with Crippen LogP contribution in [0.4, 0.5) is 0 Å². The molecular weight excluding hydrogens is 945 g/mol. The van der Waals surface area contributed by atoms with Crippen LogP contribution in [0.5, 0.6) is 0 Å². The van der Waals surface area contributed by atoms with E-state index in [1.54, 1.807) is 0 Å². The molecule has 0 heterocycles. The summed E-state index contributed by atoms with van der Waals surface area (Å²) in [6.07, 6.45) is 7.66. The summed E-state index contributed by atoms with van der Waals surface area (Å²) >= 11 is -6.39. The van der Waals surface area contributed by atoms with Crippen LogP contribution < -0.4 is 10.5 Å².